The summed E-state index contributed by atoms with van der Waals surface area (Å²) < 4.78 is 0. The molecule has 1 aliphatic carbocycles. The van der Waals surface area contributed by atoms with Gasteiger partial charge in [0.1, 0.15) is 0 Å². The van der Waals surface area contributed by atoms with E-state index in [0.717, 1.165) is 0 Å². The molecule has 2 rings (SSSR count). The first kappa shape index (κ1) is 4.90. The largest absolute Gasteiger partial charge is 0.162 e. The van der Waals surface area contributed by atoms with Gasteiger partial charge in [-0.1, -0.05) is 0 Å². The highest BCUT2D eigenvalue weighted by atomic mass is 15.6. The zero-order chi connectivity index (χ0) is 6.10. The van der Waals surface area contributed by atoms with E-state index in [0.29, 0.717) is 6.04 Å². The van der Waals surface area contributed by atoms with Gasteiger partial charge in [-0.25, -0.2) is 0 Å². The number of tetrazole rings is 1. The third-order valence-electron chi connectivity index (χ3n) is 1.77. The van der Waals surface area contributed by atoms with Crippen LogP contribution in [0.15, 0.2) is 6.33 Å². The fraction of sp³-hybridized carbons (Fsp3) is 0.800. The maximum Gasteiger partial charge on any atom is 0.162 e. The van der Waals surface area contributed by atoms with Crippen molar-refractivity contribution in [3.63, 3.8) is 0 Å². The number of hydrogen-bond acceptors (Lipinski definition) is 3. The minimum absolute atomic E-state index is 0.549. The molecule has 0 spiro atoms. The van der Waals surface area contributed by atoms with E-state index < -0.39 is 0 Å². The van der Waals surface area contributed by atoms with E-state index in [1.165, 1.54) is 25.6 Å². The number of hydrogen-bond donors (Lipinski definition) is 0. The van der Waals surface area contributed by atoms with Crippen LogP contribution in [0.5, 0.6) is 0 Å². The Labute approximate surface area is 52.9 Å². The smallest absolute Gasteiger partial charge is 0.161 e. The lowest BCUT2D eigenvalue weighted by molar-refractivity contribution is 0.258. The van der Waals surface area contributed by atoms with E-state index in [-0.39, 0.29) is 0 Å². The van der Waals surface area contributed by atoms with E-state index in [9.17, 15) is 0 Å². The van der Waals surface area contributed by atoms with Gasteiger partial charge >= 0.3 is 0 Å². The van der Waals surface area contributed by atoms with E-state index in [1.807, 2.05) is 0 Å². The van der Waals surface area contributed by atoms with Crippen LogP contribution in [0.25, 0.3) is 0 Å². The normalized spacial score (nSPS) is 19.6. The zero-order valence-corrected chi connectivity index (χ0v) is 5.06. The molecule has 0 aliphatic heterocycles. The predicted octanol–water partition coefficient (Wildman–Crippen LogP) is 0.398. The number of aromatic nitrogens is 4. The average Bonchev–Trinajstić information content (AvgIpc) is 2.11. The second-order valence-corrected chi connectivity index (χ2v) is 2.34. The molecule has 9 heavy (non-hydrogen) atoms. The Balaban J connectivity index is 2.14. The first-order chi connectivity index (χ1) is 4.47. The Morgan fingerprint density at radius 2 is 2.33 bits per heavy atom. The van der Waals surface area contributed by atoms with E-state index >= 15 is 0 Å². The van der Waals surface area contributed by atoms with Crippen molar-refractivity contribution in [2.45, 2.75) is 25.3 Å². The molecule has 0 N–H and O–H groups in total. The fourth-order valence-electron chi connectivity index (χ4n) is 0.960. The zero-order valence-electron chi connectivity index (χ0n) is 5.06. The quantitative estimate of drug-likeness (QED) is 0.544. The topological polar surface area (TPSA) is 43.6 Å². The molecule has 1 fully saturated rings. The summed E-state index contributed by atoms with van der Waals surface area (Å²) >= 11 is 0. The Morgan fingerprint density at radius 3 is 2.78 bits per heavy atom. The summed E-state index contributed by atoms with van der Waals surface area (Å²) in [5, 5.41) is 11.4. The van der Waals surface area contributed by atoms with E-state index in [1.54, 1.807) is 4.80 Å². The molecule has 0 amide bonds. The lowest BCUT2D eigenvalue weighted by Crippen LogP contribution is -2.19. The van der Waals surface area contributed by atoms with Crippen LogP contribution in [0.3, 0.4) is 0 Å². The standard InChI is InChI=1S/C5H8N4/c1-2-5(3-1)9-7-4-6-8-9/h4-5H,1-3H2. The van der Waals surface area contributed by atoms with Crippen LogP contribution in [0.1, 0.15) is 25.3 Å². The summed E-state index contributed by atoms with van der Waals surface area (Å²) in [7, 11) is 0. The Kier molecular flexibility index (Phi) is 0.974. The molecule has 48 valence electrons. The Morgan fingerprint density at radius 1 is 1.44 bits per heavy atom. The molecule has 0 bridgehead atoms. The highest BCUT2D eigenvalue weighted by Crippen LogP contribution is 2.29. The van der Waals surface area contributed by atoms with Crippen LogP contribution in [0, 0.1) is 0 Å². The maximum atomic E-state index is 3.93. The molecule has 4 nitrogen and oxygen atoms in total. The van der Waals surface area contributed by atoms with Gasteiger partial charge in [0.15, 0.2) is 6.33 Å². The van der Waals surface area contributed by atoms with Gasteiger partial charge in [-0.3, -0.25) is 0 Å². The number of rotatable bonds is 1. The average molecular weight is 124 g/mol. The highest BCUT2D eigenvalue weighted by molar-refractivity contribution is 4.70. The second kappa shape index (κ2) is 1.79. The molecule has 0 radical (unpaired) electrons. The Bertz CT molecular complexity index is 177. The predicted molar refractivity (Wildman–Crippen MR) is 30.7 cm³/mol. The van der Waals surface area contributed by atoms with Gasteiger partial charge in [0, 0.05) is 0 Å². The summed E-state index contributed by atoms with van der Waals surface area (Å²) in [5.41, 5.74) is 0. The van der Waals surface area contributed by atoms with Gasteiger partial charge in [0.05, 0.1) is 6.04 Å². The van der Waals surface area contributed by atoms with Crippen molar-refractivity contribution in [1.29, 1.82) is 0 Å². The van der Waals surface area contributed by atoms with Gasteiger partial charge in [0.25, 0.3) is 0 Å². The number of nitrogens with zero attached hydrogens (tertiary/aromatic N) is 4. The molecular weight excluding hydrogens is 116 g/mol. The van der Waals surface area contributed by atoms with Crippen molar-refractivity contribution in [3.8, 4) is 0 Å². The van der Waals surface area contributed by atoms with Gasteiger partial charge in [-0.05, 0) is 24.5 Å². The summed E-state index contributed by atoms with van der Waals surface area (Å²) in [4.78, 5) is 1.70. The monoisotopic (exact) mass is 124 g/mol. The molecule has 0 aromatic carbocycles. The van der Waals surface area contributed by atoms with Crippen molar-refractivity contribution in [2.75, 3.05) is 0 Å². The van der Waals surface area contributed by atoms with Gasteiger partial charge in [-0.15, -0.1) is 10.2 Å². The molecular formula is C5H8N4. The summed E-state index contributed by atoms with van der Waals surface area (Å²) in [6.45, 7) is 0. The molecule has 1 aliphatic rings. The van der Waals surface area contributed by atoms with Gasteiger partial charge < -0.3 is 0 Å². The van der Waals surface area contributed by atoms with Gasteiger partial charge in [0.2, 0.25) is 0 Å². The minimum Gasteiger partial charge on any atom is -0.161 e. The van der Waals surface area contributed by atoms with Crippen molar-refractivity contribution >= 4 is 0 Å². The lowest BCUT2D eigenvalue weighted by atomic mass is 9.94. The molecule has 4 heteroatoms. The molecule has 1 aromatic heterocycles. The van der Waals surface area contributed by atoms with Crippen LogP contribution in [0.2, 0.25) is 0 Å². The van der Waals surface area contributed by atoms with Crippen LogP contribution in [-0.2, 0) is 0 Å². The summed E-state index contributed by atoms with van der Waals surface area (Å²) in [6, 6.07) is 0.549. The van der Waals surface area contributed by atoms with Crippen molar-refractivity contribution < 1.29 is 0 Å². The summed E-state index contributed by atoms with van der Waals surface area (Å²) in [5.74, 6) is 0. The maximum absolute atomic E-state index is 3.93. The van der Waals surface area contributed by atoms with Gasteiger partial charge in [-0.2, -0.15) is 4.80 Å². The SMILES string of the molecule is c1nnn(C2CCC2)n1. The Hall–Kier alpha value is -0.930. The van der Waals surface area contributed by atoms with Crippen LogP contribution < -0.4 is 0 Å². The molecule has 0 unspecified atom stereocenters. The van der Waals surface area contributed by atoms with Crippen molar-refractivity contribution in [2.24, 2.45) is 0 Å². The molecule has 0 atom stereocenters. The van der Waals surface area contributed by atoms with E-state index in [4.69, 9.17) is 0 Å². The van der Waals surface area contributed by atoms with Crippen LogP contribution >= 0.6 is 0 Å². The molecule has 1 heterocycles. The van der Waals surface area contributed by atoms with Crippen LogP contribution in [-0.4, -0.2) is 20.2 Å². The third kappa shape index (κ3) is 0.704. The molecule has 0 saturated heterocycles. The highest BCUT2D eigenvalue weighted by Gasteiger charge is 2.20. The lowest BCUT2D eigenvalue weighted by Gasteiger charge is -2.22. The fourth-order valence-corrected chi connectivity index (χ4v) is 0.960. The van der Waals surface area contributed by atoms with Crippen LogP contribution in [0.4, 0.5) is 0 Å². The first-order valence-electron chi connectivity index (χ1n) is 3.19. The first-order valence-corrected chi connectivity index (χ1v) is 3.19. The molecule has 1 saturated carbocycles. The summed E-state index contributed by atoms with van der Waals surface area (Å²) in [6.07, 6.45) is 5.23. The van der Waals surface area contributed by atoms with Crippen molar-refractivity contribution in [3.05, 3.63) is 6.33 Å². The molecule has 1 aromatic rings. The minimum atomic E-state index is 0.549. The van der Waals surface area contributed by atoms with Crippen molar-refractivity contribution in [1.82, 2.24) is 20.2 Å². The third-order valence-corrected chi connectivity index (χ3v) is 1.77. The van der Waals surface area contributed by atoms with E-state index in [2.05, 4.69) is 15.4 Å². The second-order valence-electron chi connectivity index (χ2n) is 2.34.